The summed E-state index contributed by atoms with van der Waals surface area (Å²) in [6.45, 7) is 23.0. The molecule has 0 saturated heterocycles. The van der Waals surface area contributed by atoms with Crippen molar-refractivity contribution < 1.29 is 0 Å². The molecule has 1 aromatic carbocycles. The Morgan fingerprint density at radius 2 is 1.48 bits per heavy atom. The van der Waals surface area contributed by atoms with E-state index in [1.54, 1.807) is 0 Å². The fourth-order valence-corrected chi connectivity index (χ4v) is 2.55. The standard InChI is InChI=1S/C17H24.2C2H6/c1-6-17(14(4)12-13(2)3)15(5)16-10-8-7-9-11-16;2*1-2/h7-11,14,17H,2,5-6,12H2,1,3-4H3;2*1-2H3. The summed E-state index contributed by atoms with van der Waals surface area (Å²) in [4.78, 5) is 0. The summed E-state index contributed by atoms with van der Waals surface area (Å²) in [5, 5.41) is 0. The van der Waals surface area contributed by atoms with Crippen LogP contribution in [-0.2, 0) is 0 Å². The van der Waals surface area contributed by atoms with Crippen molar-refractivity contribution in [1.29, 1.82) is 0 Å². The zero-order valence-electron chi connectivity index (χ0n) is 15.4. The van der Waals surface area contributed by atoms with Gasteiger partial charge in [0.15, 0.2) is 0 Å². The van der Waals surface area contributed by atoms with Gasteiger partial charge in [0.2, 0.25) is 0 Å². The molecule has 1 aromatic rings. The van der Waals surface area contributed by atoms with E-state index in [1.165, 1.54) is 16.7 Å². The minimum Gasteiger partial charge on any atom is -0.100 e. The van der Waals surface area contributed by atoms with Crippen molar-refractivity contribution in [2.45, 2.75) is 61.3 Å². The lowest BCUT2D eigenvalue weighted by Crippen LogP contribution is -2.12. The Labute approximate surface area is 134 Å². The summed E-state index contributed by atoms with van der Waals surface area (Å²) in [5.74, 6) is 1.17. The minimum atomic E-state index is 0.550. The minimum absolute atomic E-state index is 0.550. The van der Waals surface area contributed by atoms with E-state index in [0.717, 1.165) is 12.8 Å². The van der Waals surface area contributed by atoms with Crippen LogP contribution < -0.4 is 0 Å². The number of allylic oxidation sites excluding steroid dienone is 2. The number of rotatable bonds is 6. The molecular weight excluding hydrogens is 252 g/mol. The van der Waals surface area contributed by atoms with Crippen molar-refractivity contribution >= 4 is 5.57 Å². The van der Waals surface area contributed by atoms with E-state index in [2.05, 4.69) is 64.3 Å². The highest BCUT2D eigenvalue weighted by atomic mass is 14.2. The van der Waals surface area contributed by atoms with E-state index in [9.17, 15) is 0 Å². The zero-order valence-corrected chi connectivity index (χ0v) is 15.4. The Morgan fingerprint density at radius 3 is 1.86 bits per heavy atom. The number of hydrogen-bond donors (Lipinski definition) is 0. The Morgan fingerprint density at radius 1 is 1.00 bits per heavy atom. The first-order chi connectivity index (χ1) is 10.1. The van der Waals surface area contributed by atoms with Crippen molar-refractivity contribution in [3.8, 4) is 0 Å². The van der Waals surface area contributed by atoms with Gasteiger partial charge in [-0.25, -0.2) is 0 Å². The van der Waals surface area contributed by atoms with Gasteiger partial charge < -0.3 is 0 Å². The molecule has 2 unspecified atom stereocenters. The van der Waals surface area contributed by atoms with Crippen molar-refractivity contribution in [3.63, 3.8) is 0 Å². The summed E-state index contributed by atoms with van der Waals surface area (Å²) in [6, 6.07) is 10.5. The maximum atomic E-state index is 4.29. The van der Waals surface area contributed by atoms with Gasteiger partial charge >= 0.3 is 0 Å². The van der Waals surface area contributed by atoms with Crippen LogP contribution in [0.1, 0.15) is 66.9 Å². The van der Waals surface area contributed by atoms with Gasteiger partial charge in [-0.1, -0.05) is 84.0 Å². The molecule has 0 saturated carbocycles. The van der Waals surface area contributed by atoms with Gasteiger partial charge in [-0.05, 0) is 42.7 Å². The van der Waals surface area contributed by atoms with E-state index in [-0.39, 0.29) is 0 Å². The van der Waals surface area contributed by atoms with Crippen LogP contribution >= 0.6 is 0 Å². The molecule has 0 aromatic heterocycles. The molecule has 0 fully saturated rings. The first-order valence-corrected chi connectivity index (χ1v) is 8.44. The van der Waals surface area contributed by atoms with Gasteiger partial charge in [-0.2, -0.15) is 0 Å². The second-order valence-corrected chi connectivity index (χ2v) is 5.04. The van der Waals surface area contributed by atoms with Gasteiger partial charge in [0.25, 0.3) is 0 Å². The summed E-state index contributed by atoms with van der Waals surface area (Å²) < 4.78 is 0. The molecule has 0 N–H and O–H groups in total. The Bertz CT molecular complexity index is 372. The molecule has 0 heteroatoms. The van der Waals surface area contributed by atoms with Crippen molar-refractivity contribution in [3.05, 3.63) is 54.6 Å². The van der Waals surface area contributed by atoms with Gasteiger partial charge in [0.05, 0.1) is 0 Å². The number of hydrogen-bond acceptors (Lipinski definition) is 0. The topological polar surface area (TPSA) is 0 Å². The molecule has 0 bridgehead atoms. The van der Waals surface area contributed by atoms with Crippen molar-refractivity contribution in [1.82, 2.24) is 0 Å². The second-order valence-electron chi connectivity index (χ2n) is 5.04. The maximum Gasteiger partial charge on any atom is -0.0136 e. The highest BCUT2D eigenvalue weighted by Gasteiger charge is 2.19. The second kappa shape index (κ2) is 13.7. The third-order valence-corrected chi connectivity index (χ3v) is 3.39. The largest absolute Gasteiger partial charge is 0.100 e. The zero-order chi connectivity index (χ0) is 16.8. The normalized spacial score (nSPS) is 12.0. The van der Waals surface area contributed by atoms with E-state index in [4.69, 9.17) is 0 Å². The average molecular weight is 289 g/mol. The molecule has 0 spiro atoms. The van der Waals surface area contributed by atoms with Gasteiger partial charge in [0.1, 0.15) is 0 Å². The molecular formula is C21H36. The predicted octanol–water partition coefficient (Wildman–Crippen LogP) is 7.38. The Hall–Kier alpha value is -1.30. The molecule has 2 atom stereocenters. The van der Waals surface area contributed by atoms with Crippen LogP contribution in [0.25, 0.3) is 5.57 Å². The molecule has 21 heavy (non-hydrogen) atoms. The highest BCUT2D eigenvalue weighted by molar-refractivity contribution is 5.65. The highest BCUT2D eigenvalue weighted by Crippen LogP contribution is 2.33. The lowest BCUT2D eigenvalue weighted by Gasteiger charge is -2.25. The smallest absolute Gasteiger partial charge is 0.0136 e. The molecule has 0 radical (unpaired) electrons. The van der Waals surface area contributed by atoms with Gasteiger partial charge in [0, 0.05) is 0 Å². The quantitative estimate of drug-likeness (QED) is 0.479. The van der Waals surface area contributed by atoms with Crippen LogP contribution in [-0.4, -0.2) is 0 Å². The third-order valence-electron chi connectivity index (χ3n) is 3.39. The van der Waals surface area contributed by atoms with E-state index < -0.39 is 0 Å². The van der Waals surface area contributed by atoms with Gasteiger partial charge in [-0.3, -0.25) is 0 Å². The maximum absolute atomic E-state index is 4.29. The molecule has 0 aliphatic rings. The third kappa shape index (κ3) is 8.55. The predicted molar refractivity (Wildman–Crippen MR) is 101 cm³/mol. The summed E-state index contributed by atoms with van der Waals surface area (Å²) in [6.07, 6.45) is 2.23. The molecule has 0 amide bonds. The van der Waals surface area contributed by atoms with Crippen LogP contribution in [0.2, 0.25) is 0 Å². The summed E-state index contributed by atoms with van der Waals surface area (Å²) in [7, 11) is 0. The SMILES string of the molecule is C=C(C)CC(C)C(CC)C(=C)c1ccccc1.CC.CC. The monoisotopic (exact) mass is 288 g/mol. The molecule has 1 rings (SSSR count). The van der Waals surface area contributed by atoms with Crippen LogP contribution in [0.4, 0.5) is 0 Å². The van der Waals surface area contributed by atoms with E-state index in [0.29, 0.717) is 11.8 Å². The average Bonchev–Trinajstić information content (AvgIpc) is 2.52. The van der Waals surface area contributed by atoms with E-state index in [1.807, 2.05) is 27.7 Å². The van der Waals surface area contributed by atoms with Crippen LogP contribution in [0.5, 0.6) is 0 Å². The Balaban J connectivity index is 0. The van der Waals surface area contributed by atoms with Gasteiger partial charge in [-0.15, -0.1) is 6.58 Å². The molecule has 0 nitrogen and oxygen atoms in total. The number of benzene rings is 1. The fourth-order valence-electron chi connectivity index (χ4n) is 2.55. The molecule has 120 valence electrons. The lowest BCUT2D eigenvalue weighted by molar-refractivity contribution is 0.427. The van der Waals surface area contributed by atoms with Crippen molar-refractivity contribution in [2.24, 2.45) is 11.8 Å². The first-order valence-electron chi connectivity index (χ1n) is 8.44. The first kappa shape index (κ1) is 22.0. The molecule has 0 aliphatic carbocycles. The molecule has 0 heterocycles. The van der Waals surface area contributed by atoms with Crippen molar-refractivity contribution in [2.75, 3.05) is 0 Å². The Kier molecular flexibility index (Phi) is 14.3. The van der Waals surface area contributed by atoms with Crippen LogP contribution in [0, 0.1) is 11.8 Å². The van der Waals surface area contributed by atoms with E-state index >= 15 is 0 Å². The molecule has 0 aliphatic heterocycles. The summed E-state index contributed by atoms with van der Waals surface area (Å²) in [5.41, 5.74) is 3.80. The lowest BCUT2D eigenvalue weighted by atomic mass is 9.80. The fraction of sp³-hybridized carbons (Fsp3) is 0.524. The van der Waals surface area contributed by atoms with Crippen LogP contribution in [0.3, 0.4) is 0 Å². The summed E-state index contributed by atoms with van der Waals surface area (Å²) >= 11 is 0. The van der Waals surface area contributed by atoms with Crippen LogP contribution in [0.15, 0.2) is 49.1 Å².